The first-order valence-electron chi connectivity index (χ1n) is 5.44. The maximum Gasteiger partial charge on any atom is 0.150 e. The summed E-state index contributed by atoms with van der Waals surface area (Å²) in [5.74, 6) is 3.02. The summed E-state index contributed by atoms with van der Waals surface area (Å²) in [6.07, 6.45) is 3.23. The number of nitrogens with zero attached hydrogens (tertiary/aromatic N) is 5. The van der Waals surface area contributed by atoms with Crippen LogP contribution in [0.3, 0.4) is 0 Å². The predicted molar refractivity (Wildman–Crippen MR) is 58.9 cm³/mol. The van der Waals surface area contributed by atoms with Gasteiger partial charge in [-0.15, -0.1) is 0 Å². The van der Waals surface area contributed by atoms with E-state index in [-0.39, 0.29) is 5.92 Å². The molecule has 16 heavy (non-hydrogen) atoms. The topological polar surface area (TPSA) is 72.3 Å². The minimum Gasteiger partial charge on any atom is -0.263 e. The molecule has 0 bridgehead atoms. The highest BCUT2D eigenvalue weighted by molar-refractivity contribution is 5.00. The lowest BCUT2D eigenvalue weighted by Crippen LogP contribution is -2.07. The van der Waals surface area contributed by atoms with Gasteiger partial charge in [0.15, 0.2) is 0 Å². The van der Waals surface area contributed by atoms with E-state index in [9.17, 15) is 0 Å². The highest BCUT2D eigenvalue weighted by Crippen LogP contribution is 2.15. The predicted octanol–water partition coefficient (Wildman–Crippen LogP) is 0.842. The molecule has 0 saturated heterocycles. The fourth-order valence-electron chi connectivity index (χ4n) is 1.72. The summed E-state index contributed by atoms with van der Waals surface area (Å²) in [6, 6.07) is 0. The van der Waals surface area contributed by atoms with Gasteiger partial charge in [-0.1, -0.05) is 13.8 Å². The second kappa shape index (κ2) is 4.42. The number of rotatable bonds is 4. The van der Waals surface area contributed by atoms with Gasteiger partial charge < -0.3 is 0 Å². The van der Waals surface area contributed by atoms with Crippen LogP contribution in [0.25, 0.3) is 0 Å². The monoisotopic (exact) mass is 220 g/mol. The van der Waals surface area contributed by atoms with Crippen molar-refractivity contribution in [2.24, 2.45) is 7.05 Å². The van der Waals surface area contributed by atoms with Gasteiger partial charge in [0.05, 0.1) is 0 Å². The van der Waals surface area contributed by atoms with Crippen LogP contribution >= 0.6 is 0 Å². The van der Waals surface area contributed by atoms with E-state index in [0.717, 1.165) is 30.3 Å². The van der Waals surface area contributed by atoms with Crippen LogP contribution in [0.1, 0.15) is 37.2 Å². The number of hydrogen-bond acceptors (Lipinski definition) is 4. The molecule has 1 unspecified atom stereocenters. The molecule has 1 N–H and O–H groups in total. The van der Waals surface area contributed by atoms with Gasteiger partial charge in [-0.05, 0) is 0 Å². The van der Waals surface area contributed by atoms with Gasteiger partial charge >= 0.3 is 0 Å². The summed E-state index contributed by atoms with van der Waals surface area (Å²) in [7, 11) is 1.90. The fraction of sp³-hybridized carbons (Fsp3) is 0.600. The third-order valence-electron chi connectivity index (χ3n) is 2.58. The molecule has 0 aromatic carbocycles. The molecule has 1 atom stereocenters. The van der Waals surface area contributed by atoms with Crippen LogP contribution in [0.15, 0.2) is 6.33 Å². The maximum absolute atomic E-state index is 4.38. The fourth-order valence-corrected chi connectivity index (χ4v) is 1.72. The zero-order chi connectivity index (χ0) is 11.5. The first kappa shape index (κ1) is 10.8. The Morgan fingerprint density at radius 3 is 2.88 bits per heavy atom. The van der Waals surface area contributed by atoms with E-state index in [1.54, 1.807) is 11.0 Å². The molecule has 0 aliphatic carbocycles. The lowest BCUT2D eigenvalue weighted by Gasteiger charge is -2.07. The van der Waals surface area contributed by atoms with Gasteiger partial charge in [0.1, 0.15) is 23.8 Å². The Morgan fingerprint density at radius 2 is 2.31 bits per heavy atom. The van der Waals surface area contributed by atoms with Gasteiger partial charge in [0, 0.05) is 25.8 Å². The molecule has 0 spiro atoms. The van der Waals surface area contributed by atoms with Crippen LogP contribution in [0.2, 0.25) is 0 Å². The normalized spacial score (nSPS) is 12.9. The van der Waals surface area contributed by atoms with E-state index >= 15 is 0 Å². The Labute approximate surface area is 94.1 Å². The van der Waals surface area contributed by atoms with Crippen LogP contribution in [0.5, 0.6) is 0 Å². The van der Waals surface area contributed by atoms with Gasteiger partial charge in [-0.25, -0.2) is 9.97 Å². The molecule has 0 fully saturated rings. The van der Waals surface area contributed by atoms with Gasteiger partial charge in [0.25, 0.3) is 0 Å². The molecular formula is C10H16N6. The largest absolute Gasteiger partial charge is 0.263 e. The number of H-pyrrole nitrogens is 1. The minimum atomic E-state index is 0.283. The molecule has 2 aromatic rings. The van der Waals surface area contributed by atoms with E-state index in [1.165, 1.54) is 0 Å². The standard InChI is InChI=1S/C10H16N6/c1-4-8-13-9(15-14-8)5-7(2)10-11-6-12-16(10)3/h6-7H,4-5H2,1-3H3,(H,13,14,15). The van der Waals surface area contributed by atoms with Crippen molar-refractivity contribution in [1.29, 1.82) is 0 Å². The molecule has 0 radical (unpaired) electrons. The molecule has 2 heterocycles. The number of aromatic amines is 1. The van der Waals surface area contributed by atoms with Crippen LogP contribution in [0, 0.1) is 0 Å². The van der Waals surface area contributed by atoms with Crippen molar-refractivity contribution >= 4 is 0 Å². The van der Waals surface area contributed by atoms with Crippen molar-refractivity contribution in [3.05, 3.63) is 23.8 Å². The van der Waals surface area contributed by atoms with Gasteiger partial charge in [0.2, 0.25) is 0 Å². The average Bonchev–Trinajstić information content (AvgIpc) is 2.86. The smallest absolute Gasteiger partial charge is 0.150 e. The highest BCUT2D eigenvalue weighted by Gasteiger charge is 2.14. The lowest BCUT2D eigenvalue weighted by molar-refractivity contribution is 0.608. The Morgan fingerprint density at radius 1 is 1.50 bits per heavy atom. The van der Waals surface area contributed by atoms with E-state index in [0.29, 0.717) is 0 Å². The number of nitrogens with one attached hydrogen (secondary N) is 1. The van der Waals surface area contributed by atoms with Crippen LogP contribution in [0.4, 0.5) is 0 Å². The number of aromatic nitrogens is 6. The van der Waals surface area contributed by atoms with Crippen LogP contribution < -0.4 is 0 Å². The van der Waals surface area contributed by atoms with Crippen LogP contribution in [-0.2, 0) is 19.9 Å². The quantitative estimate of drug-likeness (QED) is 0.828. The van der Waals surface area contributed by atoms with E-state index in [1.807, 2.05) is 14.0 Å². The molecule has 6 heteroatoms. The molecule has 0 aliphatic heterocycles. The average molecular weight is 220 g/mol. The first-order valence-corrected chi connectivity index (χ1v) is 5.44. The summed E-state index contributed by atoms with van der Waals surface area (Å²) >= 11 is 0. The SMILES string of the molecule is CCc1n[nH]c(CC(C)c2ncnn2C)n1. The van der Waals surface area contributed by atoms with E-state index in [2.05, 4.69) is 32.2 Å². The van der Waals surface area contributed by atoms with Gasteiger partial charge in [-0.2, -0.15) is 10.2 Å². The molecule has 86 valence electrons. The van der Waals surface area contributed by atoms with Crippen molar-refractivity contribution in [2.75, 3.05) is 0 Å². The zero-order valence-corrected chi connectivity index (χ0v) is 9.80. The summed E-state index contributed by atoms with van der Waals surface area (Å²) in [5, 5.41) is 11.1. The second-order valence-electron chi connectivity index (χ2n) is 3.90. The molecule has 0 amide bonds. The lowest BCUT2D eigenvalue weighted by atomic mass is 10.1. The Balaban J connectivity index is 2.07. The molecule has 0 aliphatic rings. The zero-order valence-electron chi connectivity index (χ0n) is 9.80. The van der Waals surface area contributed by atoms with Crippen molar-refractivity contribution in [1.82, 2.24) is 29.9 Å². The number of hydrogen-bond donors (Lipinski definition) is 1. The van der Waals surface area contributed by atoms with Gasteiger partial charge in [-0.3, -0.25) is 9.78 Å². The summed E-state index contributed by atoms with van der Waals surface area (Å²) < 4.78 is 1.79. The van der Waals surface area contributed by atoms with Crippen molar-refractivity contribution < 1.29 is 0 Å². The number of aryl methyl sites for hydroxylation is 2. The summed E-state index contributed by atoms with van der Waals surface area (Å²) in [4.78, 5) is 8.61. The Hall–Kier alpha value is -1.72. The van der Waals surface area contributed by atoms with Crippen molar-refractivity contribution in [3.63, 3.8) is 0 Å². The molecule has 6 nitrogen and oxygen atoms in total. The van der Waals surface area contributed by atoms with Crippen molar-refractivity contribution in [3.8, 4) is 0 Å². The Bertz CT molecular complexity index is 457. The molecule has 0 saturated carbocycles. The van der Waals surface area contributed by atoms with Crippen molar-refractivity contribution in [2.45, 2.75) is 32.6 Å². The summed E-state index contributed by atoms with van der Waals surface area (Å²) in [6.45, 7) is 4.15. The first-order chi connectivity index (χ1) is 7.70. The summed E-state index contributed by atoms with van der Waals surface area (Å²) in [5.41, 5.74) is 0. The van der Waals surface area contributed by atoms with E-state index in [4.69, 9.17) is 0 Å². The van der Waals surface area contributed by atoms with E-state index < -0.39 is 0 Å². The maximum atomic E-state index is 4.38. The third-order valence-corrected chi connectivity index (χ3v) is 2.58. The molecular weight excluding hydrogens is 204 g/mol. The Kier molecular flexibility index (Phi) is 2.98. The van der Waals surface area contributed by atoms with Crippen LogP contribution in [-0.4, -0.2) is 29.9 Å². The highest BCUT2D eigenvalue weighted by atomic mass is 15.3. The molecule has 2 rings (SSSR count). The third kappa shape index (κ3) is 2.10. The molecule has 2 aromatic heterocycles. The second-order valence-corrected chi connectivity index (χ2v) is 3.90. The minimum absolute atomic E-state index is 0.283.